The summed E-state index contributed by atoms with van der Waals surface area (Å²) in [6.45, 7) is 4.84. The van der Waals surface area contributed by atoms with Crippen LogP contribution in [0.4, 0.5) is 20.4 Å². The molecule has 210 valence electrons. The molecule has 1 aromatic carbocycles. The fraction of sp³-hybridized carbons (Fsp3) is 0.593. The maximum Gasteiger partial charge on any atom is 0.259 e. The van der Waals surface area contributed by atoms with Crippen LogP contribution in [0, 0.1) is 5.82 Å². The second kappa shape index (κ2) is 10.4. The molecular weight excluding hydrogens is 506 g/mol. The topological polar surface area (TPSA) is 112 Å². The summed E-state index contributed by atoms with van der Waals surface area (Å²) in [7, 11) is 1.70. The fourth-order valence-corrected chi connectivity index (χ4v) is 6.74. The Kier molecular flexibility index (Phi) is 6.92. The first-order valence-electron chi connectivity index (χ1n) is 13.9. The molecule has 0 radical (unpaired) electrons. The lowest BCUT2D eigenvalue weighted by atomic mass is 9.85. The third-order valence-corrected chi connectivity index (χ3v) is 8.75. The van der Waals surface area contributed by atoms with E-state index in [0.29, 0.717) is 43.0 Å². The molecule has 5 aliphatic heterocycles. The number of nitrogen functional groups attached to an aromatic ring is 1. The van der Waals surface area contributed by atoms with Crippen molar-refractivity contribution < 1.29 is 18.4 Å². The van der Waals surface area contributed by atoms with Gasteiger partial charge in [-0.3, -0.25) is 9.59 Å². The smallest absolute Gasteiger partial charge is 0.259 e. The van der Waals surface area contributed by atoms with Crippen LogP contribution >= 0.6 is 0 Å². The Morgan fingerprint density at radius 1 is 1.13 bits per heavy atom. The van der Waals surface area contributed by atoms with E-state index in [2.05, 4.69) is 20.6 Å². The molecule has 0 aliphatic carbocycles. The summed E-state index contributed by atoms with van der Waals surface area (Å²) in [5, 5.41) is 10.5. The van der Waals surface area contributed by atoms with Gasteiger partial charge in [0, 0.05) is 63.3 Å². The number of carbonyl (C=O) groups excluding carboxylic acids is 2. The van der Waals surface area contributed by atoms with E-state index in [1.54, 1.807) is 24.1 Å². The average molecular weight is 543 g/mol. The summed E-state index contributed by atoms with van der Waals surface area (Å²) < 4.78 is 31.1. The van der Waals surface area contributed by atoms with Gasteiger partial charge in [0.05, 0.1) is 13.1 Å². The van der Waals surface area contributed by atoms with Crippen LogP contribution in [-0.2, 0) is 6.54 Å². The Balaban J connectivity index is 1.21. The third-order valence-electron chi connectivity index (χ3n) is 8.75. The van der Waals surface area contributed by atoms with Crippen LogP contribution in [0.1, 0.15) is 51.5 Å². The number of halogens is 2. The van der Waals surface area contributed by atoms with Gasteiger partial charge in [0.15, 0.2) is 5.82 Å². The Labute approximate surface area is 226 Å². The second-order valence-electron chi connectivity index (χ2n) is 11.2. The van der Waals surface area contributed by atoms with E-state index in [0.717, 1.165) is 32.5 Å². The number of anilines is 2. The molecule has 10 nitrogen and oxygen atoms in total. The summed E-state index contributed by atoms with van der Waals surface area (Å²) in [6.07, 6.45) is 1.43. The number of aromatic nitrogens is 2. The van der Waals surface area contributed by atoms with E-state index in [1.807, 2.05) is 4.90 Å². The van der Waals surface area contributed by atoms with Crippen molar-refractivity contribution in [2.75, 3.05) is 63.5 Å². The number of nitrogens with one attached hydrogen (secondary N) is 2. The summed E-state index contributed by atoms with van der Waals surface area (Å²) in [4.78, 5) is 32.7. The molecule has 6 heterocycles. The zero-order valence-electron chi connectivity index (χ0n) is 22.2. The lowest BCUT2D eigenvalue weighted by Crippen LogP contribution is -2.50. The molecule has 39 heavy (non-hydrogen) atoms. The molecule has 4 fully saturated rings. The standard InChI is InChI=1S/C27H36F2N8O2/c1-34-14-17(28)15-37-26(34)23(24(30)33-37)25(38)32-22-13-31-7-4-20(22)19-3-2-16(12-21(19)29)27(39)36-11-10-35-8-5-18(36)6-9-35/h2-3,12,17-18,20,22,31H,4-11,13-15H2,1H3,(H2,30,33)(H,32,38). The number of nitrogens with zero attached hydrogens (tertiary/aromatic N) is 5. The highest BCUT2D eigenvalue weighted by atomic mass is 19.1. The monoisotopic (exact) mass is 542 g/mol. The van der Waals surface area contributed by atoms with Gasteiger partial charge < -0.3 is 31.1 Å². The Bertz CT molecular complexity index is 1260. The Hall–Kier alpha value is -3.25. The molecule has 3 unspecified atom stereocenters. The zero-order valence-corrected chi connectivity index (χ0v) is 22.2. The molecule has 3 atom stereocenters. The number of hydrogen-bond donors (Lipinski definition) is 3. The van der Waals surface area contributed by atoms with Crippen LogP contribution < -0.4 is 21.3 Å². The van der Waals surface area contributed by atoms with Crippen LogP contribution in [0.15, 0.2) is 18.2 Å². The minimum absolute atomic E-state index is 0.0386. The van der Waals surface area contributed by atoms with Gasteiger partial charge in [0.25, 0.3) is 11.8 Å². The lowest BCUT2D eigenvalue weighted by Gasteiger charge is -2.34. The summed E-state index contributed by atoms with van der Waals surface area (Å²) in [5.74, 6) is -0.752. The fourth-order valence-electron chi connectivity index (χ4n) is 6.74. The van der Waals surface area contributed by atoms with Gasteiger partial charge in [-0.1, -0.05) is 6.07 Å². The maximum atomic E-state index is 15.6. The lowest BCUT2D eigenvalue weighted by molar-refractivity contribution is 0.0684. The van der Waals surface area contributed by atoms with Crippen molar-refractivity contribution in [1.29, 1.82) is 0 Å². The van der Waals surface area contributed by atoms with E-state index < -0.39 is 23.9 Å². The molecule has 7 rings (SSSR count). The minimum Gasteiger partial charge on any atom is -0.381 e. The number of hydrogen-bond acceptors (Lipinski definition) is 7. The highest BCUT2D eigenvalue weighted by molar-refractivity contribution is 6.03. The van der Waals surface area contributed by atoms with Gasteiger partial charge >= 0.3 is 0 Å². The number of piperidine rings is 2. The van der Waals surface area contributed by atoms with Gasteiger partial charge in [-0.05, 0) is 43.5 Å². The van der Waals surface area contributed by atoms with Crippen molar-refractivity contribution in [2.45, 2.75) is 50.0 Å². The molecule has 1 aromatic heterocycles. The quantitative estimate of drug-likeness (QED) is 0.532. The molecule has 2 aromatic rings. The van der Waals surface area contributed by atoms with Crippen molar-refractivity contribution in [3.63, 3.8) is 0 Å². The number of alkyl halides is 1. The van der Waals surface area contributed by atoms with Crippen molar-refractivity contribution in [2.24, 2.45) is 0 Å². The number of amides is 2. The van der Waals surface area contributed by atoms with Crippen molar-refractivity contribution in [3.05, 3.63) is 40.7 Å². The van der Waals surface area contributed by atoms with Gasteiger partial charge in [-0.25, -0.2) is 13.5 Å². The number of fused-ring (bicyclic) bond motifs is 5. The predicted molar refractivity (Wildman–Crippen MR) is 143 cm³/mol. The van der Waals surface area contributed by atoms with E-state index >= 15 is 4.39 Å². The minimum atomic E-state index is -1.10. The van der Waals surface area contributed by atoms with Gasteiger partial charge in [0.1, 0.15) is 23.4 Å². The first kappa shape index (κ1) is 26.0. The second-order valence-corrected chi connectivity index (χ2v) is 11.2. The zero-order chi connectivity index (χ0) is 27.3. The number of nitrogens with two attached hydrogens (primary N) is 1. The van der Waals surface area contributed by atoms with E-state index in [-0.39, 0.29) is 42.3 Å². The van der Waals surface area contributed by atoms with Crippen LogP contribution in [0.3, 0.4) is 0 Å². The predicted octanol–water partition coefficient (Wildman–Crippen LogP) is 1.19. The highest BCUT2D eigenvalue weighted by Gasteiger charge is 2.36. The average Bonchev–Trinajstić information content (AvgIpc) is 3.04. The molecule has 5 aliphatic rings. The van der Waals surface area contributed by atoms with Crippen LogP contribution in [0.5, 0.6) is 0 Å². The summed E-state index contributed by atoms with van der Waals surface area (Å²) >= 11 is 0. The van der Waals surface area contributed by atoms with Gasteiger partial charge in [-0.15, -0.1) is 0 Å². The highest BCUT2D eigenvalue weighted by Crippen LogP contribution is 2.32. The number of benzene rings is 1. The summed E-state index contributed by atoms with van der Waals surface area (Å²) in [6, 6.07) is 4.57. The van der Waals surface area contributed by atoms with Crippen LogP contribution in [-0.4, -0.2) is 103 Å². The normalized spacial score (nSPS) is 28.6. The van der Waals surface area contributed by atoms with Crippen molar-refractivity contribution >= 4 is 23.5 Å². The van der Waals surface area contributed by atoms with Crippen molar-refractivity contribution in [3.8, 4) is 0 Å². The van der Waals surface area contributed by atoms with E-state index in [1.165, 1.54) is 10.7 Å². The molecule has 4 saturated heterocycles. The van der Waals surface area contributed by atoms with Crippen LogP contribution in [0.25, 0.3) is 0 Å². The Morgan fingerprint density at radius 2 is 1.92 bits per heavy atom. The number of carbonyl (C=O) groups is 2. The van der Waals surface area contributed by atoms with E-state index in [9.17, 15) is 14.0 Å². The SMILES string of the molecule is CN1CC(F)Cn2nc(N)c(C(=O)NC3CNCCC3c3ccc(C(=O)N4CCN5CCC4CC5)cc3F)c21. The first-order chi connectivity index (χ1) is 18.8. The molecule has 0 spiro atoms. The van der Waals surface area contributed by atoms with Crippen LogP contribution in [0.2, 0.25) is 0 Å². The van der Waals surface area contributed by atoms with Gasteiger partial charge in [-0.2, -0.15) is 5.10 Å². The maximum absolute atomic E-state index is 15.6. The molecule has 4 N–H and O–H groups in total. The van der Waals surface area contributed by atoms with E-state index in [4.69, 9.17) is 5.73 Å². The van der Waals surface area contributed by atoms with Gasteiger partial charge in [0.2, 0.25) is 0 Å². The molecule has 2 bridgehead atoms. The molecule has 0 saturated carbocycles. The Morgan fingerprint density at radius 3 is 2.69 bits per heavy atom. The third kappa shape index (κ3) is 4.84. The van der Waals surface area contributed by atoms with Crippen molar-refractivity contribution in [1.82, 2.24) is 30.2 Å². The first-order valence-corrected chi connectivity index (χ1v) is 13.9. The molecular formula is C27H36F2N8O2. The summed E-state index contributed by atoms with van der Waals surface area (Å²) in [5.41, 5.74) is 7.13. The largest absolute Gasteiger partial charge is 0.381 e. The molecule has 12 heteroatoms. The number of rotatable bonds is 4. The molecule has 2 amide bonds.